The Morgan fingerprint density at radius 3 is 2.20 bits per heavy atom. The SMILES string of the molecule is COCCCOc1cc(CC(CC(NC(=O)OC(C)(C)C)C(O)CC(C(=O)N[C@H]2CCN(C(=O)OC(C)(C)C)C2)C(C)C)C(C)C)ccc1C. The molecule has 1 aromatic carbocycles. The minimum absolute atomic E-state index is 0.0778. The molecule has 1 aliphatic heterocycles. The van der Waals surface area contributed by atoms with Crippen molar-refractivity contribution < 1.29 is 38.4 Å². The highest BCUT2D eigenvalue weighted by molar-refractivity contribution is 5.79. The van der Waals surface area contributed by atoms with Crippen LogP contribution >= 0.6 is 0 Å². The Bertz CT molecular complexity index is 1220. The van der Waals surface area contributed by atoms with Crippen LogP contribution in [0, 0.1) is 30.6 Å². The van der Waals surface area contributed by atoms with Crippen LogP contribution in [0.15, 0.2) is 18.2 Å². The molecule has 50 heavy (non-hydrogen) atoms. The fraction of sp³-hybridized carbons (Fsp3) is 0.769. The van der Waals surface area contributed by atoms with E-state index in [-0.39, 0.29) is 36.1 Å². The Hall–Kier alpha value is -3.05. The maximum Gasteiger partial charge on any atom is 0.410 e. The molecule has 1 fully saturated rings. The van der Waals surface area contributed by atoms with E-state index in [1.807, 2.05) is 41.5 Å². The highest BCUT2D eigenvalue weighted by atomic mass is 16.6. The average molecular weight is 706 g/mol. The van der Waals surface area contributed by atoms with Gasteiger partial charge in [0.2, 0.25) is 5.91 Å². The molecule has 0 saturated carbocycles. The monoisotopic (exact) mass is 705 g/mol. The Morgan fingerprint density at radius 1 is 0.960 bits per heavy atom. The van der Waals surface area contributed by atoms with Crippen LogP contribution in [0.25, 0.3) is 0 Å². The number of methoxy groups -OCH3 is 1. The lowest BCUT2D eigenvalue weighted by atomic mass is 9.80. The largest absolute Gasteiger partial charge is 0.493 e. The van der Waals surface area contributed by atoms with Crippen molar-refractivity contribution in [2.24, 2.45) is 23.7 Å². The van der Waals surface area contributed by atoms with Gasteiger partial charge in [0, 0.05) is 45.2 Å². The molecule has 286 valence electrons. The molecule has 2 rings (SSSR count). The predicted molar refractivity (Wildman–Crippen MR) is 196 cm³/mol. The van der Waals surface area contributed by atoms with Gasteiger partial charge in [-0.2, -0.15) is 0 Å². The quantitative estimate of drug-likeness (QED) is 0.153. The molecule has 0 aromatic heterocycles. The molecule has 0 bridgehead atoms. The van der Waals surface area contributed by atoms with E-state index in [4.69, 9.17) is 18.9 Å². The summed E-state index contributed by atoms with van der Waals surface area (Å²) in [5.41, 5.74) is 0.850. The second-order valence-corrected chi connectivity index (χ2v) is 16.6. The van der Waals surface area contributed by atoms with Crippen molar-refractivity contribution in [2.75, 3.05) is 33.4 Å². The van der Waals surface area contributed by atoms with Crippen LogP contribution in [-0.4, -0.2) is 90.9 Å². The van der Waals surface area contributed by atoms with E-state index >= 15 is 0 Å². The standard InChI is InChI=1S/C39H67N3O8/c1-25(2)29(20-28-15-14-27(5)34(21-28)48-19-13-18-47-12)22-32(41-36(45)49-38(6,7)8)33(43)23-31(26(3)4)35(44)40-30-16-17-42(24-30)37(46)50-39(9,10)11/h14-15,21,25-26,29-33,43H,13,16-20,22-24H2,1-12H3,(H,40,44)(H,41,45)/t29?,30-,31?,32?,33?/m0/s1. The van der Waals surface area contributed by atoms with Gasteiger partial charge in [-0.1, -0.05) is 39.8 Å². The summed E-state index contributed by atoms with van der Waals surface area (Å²) < 4.78 is 22.3. The number of likely N-dealkylation sites (tertiary alicyclic amines) is 1. The predicted octanol–water partition coefficient (Wildman–Crippen LogP) is 6.66. The van der Waals surface area contributed by atoms with E-state index < -0.39 is 41.5 Å². The number of aliphatic hydroxyl groups excluding tert-OH is 1. The van der Waals surface area contributed by atoms with Crippen molar-refractivity contribution in [3.63, 3.8) is 0 Å². The van der Waals surface area contributed by atoms with E-state index in [9.17, 15) is 19.5 Å². The van der Waals surface area contributed by atoms with E-state index in [1.54, 1.807) is 32.8 Å². The molecule has 1 saturated heterocycles. The van der Waals surface area contributed by atoms with Crippen molar-refractivity contribution in [1.82, 2.24) is 15.5 Å². The van der Waals surface area contributed by atoms with Gasteiger partial charge in [0.15, 0.2) is 0 Å². The van der Waals surface area contributed by atoms with E-state index in [1.165, 1.54) is 0 Å². The van der Waals surface area contributed by atoms with Crippen LogP contribution in [-0.2, 0) is 25.4 Å². The third-order valence-electron chi connectivity index (χ3n) is 8.99. The van der Waals surface area contributed by atoms with Crippen LogP contribution in [0.4, 0.5) is 9.59 Å². The number of nitrogens with zero attached hydrogens (tertiary/aromatic N) is 1. The molecule has 11 heteroatoms. The average Bonchev–Trinajstić information content (AvgIpc) is 3.45. The first-order valence-corrected chi connectivity index (χ1v) is 18.4. The number of hydrogen-bond acceptors (Lipinski definition) is 8. The van der Waals surface area contributed by atoms with Gasteiger partial charge in [-0.25, -0.2) is 9.59 Å². The van der Waals surface area contributed by atoms with Crippen molar-refractivity contribution in [3.05, 3.63) is 29.3 Å². The van der Waals surface area contributed by atoms with Gasteiger partial charge in [-0.15, -0.1) is 0 Å². The zero-order chi connectivity index (χ0) is 37.8. The normalized spacial score (nSPS) is 17.7. The molecular formula is C39H67N3O8. The maximum absolute atomic E-state index is 13.7. The summed E-state index contributed by atoms with van der Waals surface area (Å²) in [6, 6.07) is 5.38. The number of amides is 3. The fourth-order valence-corrected chi connectivity index (χ4v) is 6.09. The Morgan fingerprint density at radius 2 is 1.62 bits per heavy atom. The summed E-state index contributed by atoms with van der Waals surface area (Å²) in [6.45, 7) is 23.2. The third-order valence-corrected chi connectivity index (χ3v) is 8.99. The van der Waals surface area contributed by atoms with Crippen LogP contribution in [0.1, 0.15) is 106 Å². The molecular weight excluding hydrogens is 638 g/mol. The number of aryl methyl sites for hydroxylation is 1. The lowest BCUT2D eigenvalue weighted by Crippen LogP contribution is -2.49. The number of alkyl carbamates (subject to hydrolysis) is 1. The minimum Gasteiger partial charge on any atom is -0.493 e. The number of ether oxygens (including phenoxy) is 4. The summed E-state index contributed by atoms with van der Waals surface area (Å²) >= 11 is 0. The smallest absolute Gasteiger partial charge is 0.410 e. The summed E-state index contributed by atoms with van der Waals surface area (Å²) in [6.07, 6.45) is 0.761. The van der Waals surface area contributed by atoms with E-state index in [0.717, 1.165) is 29.7 Å². The van der Waals surface area contributed by atoms with Gasteiger partial charge in [-0.3, -0.25) is 4.79 Å². The fourth-order valence-electron chi connectivity index (χ4n) is 6.09. The first kappa shape index (κ1) is 43.1. The Balaban J connectivity index is 2.22. The van der Waals surface area contributed by atoms with Crippen LogP contribution in [0.3, 0.4) is 0 Å². The van der Waals surface area contributed by atoms with Crippen molar-refractivity contribution in [1.29, 1.82) is 0 Å². The highest BCUT2D eigenvalue weighted by Crippen LogP contribution is 2.29. The highest BCUT2D eigenvalue weighted by Gasteiger charge is 2.36. The maximum atomic E-state index is 13.7. The van der Waals surface area contributed by atoms with Gasteiger partial charge in [0.25, 0.3) is 0 Å². The van der Waals surface area contributed by atoms with Crippen LogP contribution < -0.4 is 15.4 Å². The van der Waals surface area contributed by atoms with Gasteiger partial charge >= 0.3 is 12.2 Å². The number of hydrogen-bond donors (Lipinski definition) is 3. The number of benzene rings is 1. The third kappa shape index (κ3) is 15.5. The summed E-state index contributed by atoms with van der Waals surface area (Å²) in [7, 11) is 1.68. The number of rotatable bonds is 17. The van der Waals surface area contributed by atoms with Crippen molar-refractivity contribution in [3.8, 4) is 5.75 Å². The van der Waals surface area contributed by atoms with Gasteiger partial charge < -0.3 is 39.6 Å². The first-order chi connectivity index (χ1) is 23.2. The van der Waals surface area contributed by atoms with Crippen molar-refractivity contribution >= 4 is 18.1 Å². The second-order valence-electron chi connectivity index (χ2n) is 16.6. The molecule has 1 heterocycles. The molecule has 5 atom stereocenters. The number of carbonyl (C=O) groups excluding carboxylic acids is 3. The van der Waals surface area contributed by atoms with Crippen LogP contribution in [0.5, 0.6) is 5.75 Å². The lowest BCUT2D eigenvalue weighted by molar-refractivity contribution is -0.128. The molecule has 4 unspecified atom stereocenters. The molecule has 0 spiro atoms. The van der Waals surface area contributed by atoms with Crippen LogP contribution in [0.2, 0.25) is 0 Å². The summed E-state index contributed by atoms with van der Waals surface area (Å²) in [5.74, 6) is 0.396. The number of aliphatic hydroxyl groups is 1. The molecule has 1 aromatic rings. The molecule has 3 amide bonds. The van der Waals surface area contributed by atoms with Gasteiger partial charge in [-0.05, 0) is 109 Å². The Kier molecular flexibility index (Phi) is 16.8. The Labute approximate surface area is 301 Å². The van der Waals surface area contributed by atoms with Gasteiger partial charge in [0.1, 0.15) is 17.0 Å². The first-order valence-electron chi connectivity index (χ1n) is 18.4. The molecule has 0 radical (unpaired) electrons. The summed E-state index contributed by atoms with van der Waals surface area (Å²) in [5, 5.41) is 17.9. The molecule has 11 nitrogen and oxygen atoms in total. The number of carbonyl (C=O) groups is 3. The number of nitrogens with one attached hydrogen (secondary N) is 2. The lowest BCUT2D eigenvalue weighted by Gasteiger charge is -2.33. The van der Waals surface area contributed by atoms with E-state index in [0.29, 0.717) is 39.1 Å². The summed E-state index contributed by atoms with van der Waals surface area (Å²) in [4.78, 5) is 40.9. The minimum atomic E-state index is -1.01. The zero-order valence-corrected chi connectivity index (χ0v) is 32.9. The van der Waals surface area contributed by atoms with Crippen molar-refractivity contribution in [2.45, 2.75) is 138 Å². The second kappa shape index (κ2) is 19.5. The molecule has 3 N–H and O–H groups in total. The van der Waals surface area contributed by atoms with Gasteiger partial charge in [0.05, 0.1) is 18.8 Å². The zero-order valence-electron chi connectivity index (χ0n) is 32.9. The molecule has 0 aliphatic carbocycles. The van der Waals surface area contributed by atoms with E-state index in [2.05, 4.69) is 42.7 Å². The topological polar surface area (TPSA) is 136 Å². The molecule has 1 aliphatic rings.